The molecule has 2 heterocycles. The van der Waals surface area contributed by atoms with Gasteiger partial charge in [0.05, 0.1) is 0 Å². The van der Waals surface area contributed by atoms with Crippen molar-refractivity contribution >= 4 is 11.6 Å². The highest BCUT2D eigenvalue weighted by atomic mass is 19.1. The molecule has 1 aromatic rings. The van der Waals surface area contributed by atoms with Crippen LogP contribution in [0.4, 0.5) is 20.4 Å². The number of nitrogens with one attached hydrogen (secondary N) is 1. The maximum Gasteiger partial charge on any atom is 0.178 e. The summed E-state index contributed by atoms with van der Waals surface area (Å²) in [5, 5.41) is 0. The van der Waals surface area contributed by atoms with E-state index in [1.165, 1.54) is 0 Å². The topological polar surface area (TPSA) is 54.2 Å². The Bertz CT molecular complexity index is 462. The number of nitrogens with two attached hydrogens (primary N) is 1. The highest BCUT2D eigenvalue weighted by Gasteiger charge is 2.25. The molecule has 1 aliphatic rings. The van der Waals surface area contributed by atoms with Crippen LogP contribution in [0.25, 0.3) is 0 Å². The molecule has 1 saturated heterocycles. The van der Waals surface area contributed by atoms with E-state index in [1.807, 2.05) is 4.90 Å². The highest BCUT2D eigenvalue weighted by molar-refractivity contribution is 5.48. The fraction of sp³-hybridized carbons (Fsp3) is 0.615. The minimum Gasteiger partial charge on any atom is -0.354 e. The van der Waals surface area contributed by atoms with Crippen LogP contribution >= 0.6 is 0 Å². The van der Waals surface area contributed by atoms with Crippen LogP contribution in [-0.4, -0.2) is 18.1 Å². The highest BCUT2D eigenvalue weighted by Crippen LogP contribution is 2.32. The average Bonchev–Trinajstić information content (AvgIpc) is 2.51. The Morgan fingerprint density at radius 1 is 1.26 bits per heavy atom. The first kappa shape index (κ1) is 14.0. The second-order valence-corrected chi connectivity index (χ2v) is 5.77. The minimum atomic E-state index is -0.779. The largest absolute Gasteiger partial charge is 0.354 e. The lowest BCUT2D eigenvalue weighted by molar-refractivity contribution is 0.325. The van der Waals surface area contributed by atoms with E-state index in [0.29, 0.717) is 6.54 Å². The molecule has 1 aliphatic heterocycles. The first-order valence-electron chi connectivity index (χ1n) is 6.50. The van der Waals surface area contributed by atoms with Crippen LogP contribution in [0.5, 0.6) is 0 Å². The Labute approximate surface area is 112 Å². The summed E-state index contributed by atoms with van der Waals surface area (Å²) in [4.78, 5) is 5.81. The van der Waals surface area contributed by atoms with Crippen molar-refractivity contribution in [3.63, 3.8) is 0 Å². The number of nitrogens with zero attached hydrogens (tertiary/aromatic N) is 2. The number of hydrogen-bond donors (Lipinski definition) is 2. The molecular weight excluding hydrogens is 250 g/mol. The number of pyridine rings is 1. The van der Waals surface area contributed by atoms with Crippen LogP contribution in [-0.2, 0) is 0 Å². The van der Waals surface area contributed by atoms with Crippen LogP contribution in [0.1, 0.15) is 33.1 Å². The molecule has 4 nitrogen and oxygen atoms in total. The predicted molar refractivity (Wildman–Crippen MR) is 71.8 cm³/mol. The lowest BCUT2D eigenvalue weighted by Crippen LogP contribution is -2.27. The monoisotopic (exact) mass is 270 g/mol. The Kier molecular flexibility index (Phi) is 3.89. The smallest absolute Gasteiger partial charge is 0.178 e. The molecule has 1 aromatic heterocycles. The van der Waals surface area contributed by atoms with Crippen LogP contribution < -0.4 is 16.2 Å². The van der Waals surface area contributed by atoms with Crippen LogP contribution in [0, 0.1) is 17.0 Å². The van der Waals surface area contributed by atoms with Crippen molar-refractivity contribution in [3.05, 3.63) is 17.7 Å². The molecule has 0 bridgehead atoms. The number of anilines is 2. The molecule has 106 valence electrons. The summed E-state index contributed by atoms with van der Waals surface area (Å²) in [7, 11) is 0. The van der Waals surface area contributed by atoms with Gasteiger partial charge in [-0.1, -0.05) is 13.8 Å². The van der Waals surface area contributed by atoms with E-state index in [-0.39, 0.29) is 17.1 Å². The van der Waals surface area contributed by atoms with Crippen molar-refractivity contribution in [2.24, 2.45) is 11.3 Å². The molecule has 0 amide bonds. The van der Waals surface area contributed by atoms with Gasteiger partial charge in [0.15, 0.2) is 23.3 Å². The zero-order valence-corrected chi connectivity index (χ0v) is 11.3. The fourth-order valence-electron chi connectivity index (χ4n) is 2.41. The molecule has 19 heavy (non-hydrogen) atoms. The van der Waals surface area contributed by atoms with Gasteiger partial charge in [-0.05, 0) is 24.7 Å². The van der Waals surface area contributed by atoms with Crippen molar-refractivity contribution in [1.29, 1.82) is 0 Å². The van der Waals surface area contributed by atoms with Gasteiger partial charge in [0, 0.05) is 19.2 Å². The molecule has 0 atom stereocenters. The van der Waals surface area contributed by atoms with Gasteiger partial charge in [0.25, 0.3) is 0 Å². The van der Waals surface area contributed by atoms with Crippen LogP contribution in [0.3, 0.4) is 0 Å². The number of nitrogen functional groups attached to an aromatic ring is 1. The molecular formula is C13H20F2N4. The molecule has 0 unspecified atom stereocenters. The van der Waals surface area contributed by atoms with Gasteiger partial charge in [-0.15, -0.1) is 0 Å². The van der Waals surface area contributed by atoms with Gasteiger partial charge < -0.3 is 10.3 Å². The fourth-order valence-corrected chi connectivity index (χ4v) is 2.41. The third kappa shape index (κ3) is 3.12. The summed E-state index contributed by atoms with van der Waals surface area (Å²) < 4.78 is 27.2. The van der Waals surface area contributed by atoms with Gasteiger partial charge in [-0.2, -0.15) is 0 Å². The average molecular weight is 270 g/mol. The summed E-state index contributed by atoms with van der Waals surface area (Å²) in [5.41, 5.74) is 2.40. The van der Waals surface area contributed by atoms with Crippen molar-refractivity contribution < 1.29 is 8.78 Å². The van der Waals surface area contributed by atoms with E-state index in [4.69, 9.17) is 5.84 Å². The molecule has 2 rings (SSSR count). The maximum absolute atomic E-state index is 13.9. The third-order valence-corrected chi connectivity index (χ3v) is 3.69. The molecule has 0 spiro atoms. The second kappa shape index (κ2) is 5.28. The summed E-state index contributed by atoms with van der Waals surface area (Å²) >= 11 is 0. The SMILES string of the molecule is CC1(C)CCCN(c2nc(NN)c(F)cc2F)CC1. The summed E-state index contributed by atoms with van der Waals surface area (Å²) in [6, 6.07) is 0.827. The molecule has 3 N–H and O–H groups in total. The first-order valence-corrected chi connectivity index (χ1v) is 6.50. The van der Waals surface area contributed by atoms with Crippen LogP contribution in [0.15, 0.2) is 6.07 Å². The molecule has 6 heteroatoms. The maximum atomic E-state index is 13.9. The zero-order chi connectivity index (χ0) is 14.0. The Morgan fingerprint density at radius 2 is 2.00 bits per heavy atom. The van der Waals surface area contributed by atoms with Crippen molar-refractivity contribution in [2.45, 2.75) is 33.1 Å². The van der Waals surface area contributed by atoms with E-state index in [0.717, 1.165) is 31.9 Å². The van der Waals surface area contributed by atoms with Gasteiger partial charge in [0.1, 0.15) is 0 Å². The summed E-state index contributed by atoms with van der Waals surface area (Å²) in [6.45, 7) is 5.85. The van der Waals surface area contributed by atoms with Crippen molar-refractivity contribution in [1.82, 2.24) is 4.98 Å². The number of halogens is 2. The van der Waals surface area contributed by atoms with Gasteiger partial charge in [0.2, 0.25) is 0 Å². The van der Waals surface area contributed by atoms with Crippen molar-refractivity contribution in [3.8, 4) is 0 Å². The Hall–Kier alpha value is -1.43. The van der Waals surface area contributed by atoms with E-state index < -0.39 is 11.6 Å². The standard InChI is InChI=1S/C13H20F2N4/c1-13(2)4-3-6-19(7-5-13)12-10(15)8-9(14)11(17-12)18-16/h8H,3-7,16H2,1-2H3,(H,17,18). The van der Waals surface area contributed by atoms with Gasteiger partial charge in [-0.3, -0.25) is 0 Å². The molecule has 0 saturated carbocycles. The van der Waals surface area contributed by atoms with E-state index in [1.54, 1.807) is 0 Å². The molecule has 0 radical (unpaired) electrons. The number of rotatable bonds is 2. The summed E-state index contributed by atoms with van der Waals surface area (Å²) in [5.74, 6) is 3.81. The first-order chi connectivity index (χ1) is 8.93. The molecule has 0 aromatic carbocycles. The summed E-state index contributed by atoms with van der Waals surface area (Å²) in [6.07, 6.45) is 3.02. The Morgan fingerprint density at radius 3 is 2.68 bits per heavy atom. The van der Waals surface area contributed by atoms with E-state index in [2.05, 4.69) is 24.3 Å². The second-order valence-electron chi connectivity index (χ2n) is 5.77. The molecule has 0 aliphatic carbocycles. The molecule has 1 fully saturated rings. The predicted octanol–water partition coefficient (Wildman–Crippen LogP) is 2.66. The lowest BCUT2D eigenvalue weighted by Gasteiger charge is -2.24. The van der Waals surface area contributed by atoms with E-state index >= 15 is 0 Å². The van der Waals surface area contributed by atoms with E-state index in [9.17, 15) is 8.78 Å². The third-order valence-electron chi connectivity index (χ3n) is 3.69. The van der Waals surface area contributed by atoms with Gasteiger partial charge in [-0.25, -0.2) is 19.6 Å². The number of aromatic nitrogens is 1. The van der Waals surface area contributed by atoms with Crippen LogP contribution in [0.2, 0.25) is 0 Å². The quantitative estimate of drug-likeness (QED) is 0.641. The minimum absolute atomic E-state index is 0.125. The number of hydrogen-bond acceptors (Lipinski definition) is 4. The normalized spacial score (nSPS) is 19.1. The lowest BCUT2D eigenvalue weighted by atomic mass is 9.85. The van der Waals surface area contributed by atoms with Crippen molar-refractivity contribution in [2.75, 3.05) is 23.4 Å². The zero-order valence-electron chi connectivity index (χ0n) is 11.3. The Balaban J connectivity index is 2.26. The number of hydrazine groups is 1. The van der Waals surface area contributed by atoms with Gasteiger partial charge >= 0.3 is 0 Å².